The Morgan fingerprint density at radius 3 is 0.909 bits per heavy atom. The highest BCUT2D eigenvalue weighted by atomic mass is 28.3. The molecule has 0 amide bonds. The summed E-state index contributed by atoms with van der Waals surface area (Å²) in [4.78, 5) is 0. The van der Waals surface area contributed by atoms with E-state index in [1.165, 1.54) is 0 Å². The normalized spacial score (nSPS) is 15.3. The van der Waals surface area contributed by atoms with Gasteiger partial charge in [-0.3, -0.25) is 0 Å². The number of hydrogen-bond acceptors (Lipinski definition) is 2. The predicted molar refractivity (Wildman–Crippen MR) is 53.6 cm³/mol. The molecule has 0 saturated carbocycles. The molecule has 0 aliphatic rings. The quantitative estimate of drug-likeness (QED) is 0.551. The monoisotopic (exact) mass is 174 g/mol. The van der Waals surface area contributed by atoms with Gasteiger partial charge in [0.05, 0.1) is 0 Å². The second-order valence-corrected chi connectivity index (χ2v) is 10.1. The van der Waals surface area contributed by atoms with Crippen LogP contribution >= 0.6 is 0 Å². The second-order valence-electron chi connectivity index (χ2n) is 5.37. The van der Waals surface area contributed by atoms with E-state index in [2.05, 4.69) is 41.5 Å². The van der Waals surface area contributed by atoms with Gasteiger partial charge in [-0.15, -0.1) is 0 Å². The molecule has 0 unspecified atom stereocenters. The van der Waals surface area contributed by atoms with E-state index < -0.39 is 8.40 Å². The van der Waals surface area contributed by atoms with Gasteiger partial charge in [0.1, 0.15) is 0 Å². The first kappa shape index (κ1) is 11.1. The molecule has 0 spiro atoms. The van der Waals surface area contributed by atoms with Crippen LogP contribution in [0.4, 0.5) is 0 Å². The Balaban J connectivity index is 4.75. The molecule has 0 aromatic heterocycles. The molecule has 0 atom stereocenters. The van der Waals surface area contributed by atoms with Crippen molar-refractivity contribution in [1.82, 2.24) is 0 Å². The Hall–Kier alpha value is 0.137. The molecule has 0 fully saturated rings. The molecule has 0 rings (SSSR count). The summed E-state index contributed by atoms with van der Waals surface area (Å²) in [5.41, 5.74) is 0. The van der Waals surface area contributed by atoms with Gasteiger partial charge in [-0.2, -0.15) is 0 Å². The summed E-state index contributed by atoms with van der Waals surface area (Å²) in [5, 5.41) is 12.5. The topological polar surface area (TPSA) is 52.0 Å². The first-order chi connectivity index (χ1) is 4.50. The lowest BCUT2D eigenvalue weighted by molar-refractivity contribution is 0.606. The number of nitrogens with two attached hydrogens (primary N) is 2. The summed E-state index contributed by atoms with van der Waals surface area (Å²) in [5.74, 6) is 0. The van der Waals surface area contributed by atoms with Crippen molar-refractivity contribution in [1.29, 1.82) is 0 Å². The molecule has 0 aliphatic heterocycles. The Morgan fingerprint density at radius 2 is 0.909 bits per heavy atom. The second kappa shape index (κ2) is 2.57. The average molecular weight is 174 g/mol. The lowest BCUT2D eigenvalue weighted by atomic mass is 10.2. The minimum atomic E-state index is -2.11. The first-order valence-corrected chi connectivity index (χ1v) is 6.23. The van der Waals surface area contributed by atoms with Crippen molar-refractivity contribution in [3.05, 3.63) is 0 Å². The molecular formula is C8H22N2Si. The van der Waals surface area contributed by atoms with Crippen molar-refractivity contribution >= 4 is 8.40 Å². The van der Waals surface area contributed by atoms with Crippen molar-refractivity contribution in [2.75, 3.05) is 0 Å². The van der Waals surface area contributed by atoms with Crippen LogP contribution in [0, 0.1) is 0 Å². The van der Waals surface area contributed by atoms with E-state index in [4.69, 9.17) is 10.8 Å². The Morgan fingerprint density at radius 1 is 0.727 bits per heavy atom. The molecule has 0 aromatic carbocycles. The third-order valence-corrected chi connectivity index (χ3v) is 7.45. The highest BCUT2D eigenvalue weighted by Gasteiger charge is 2.47. The molecule has 0 saturated heterocycles. The van der Waals surface area contributed by atoms with E-state index in [0.29, 0.717) is 0 Å². The summed E-state index contributed by atoms with van der Waals surface area (Å²) in [6.07, 6.45) is 0. The van der Waals surface area contributed by atoms with E-state index in [9.17, 15) is 0 Å². The molecule has 3 heteroatoms. The maximum Gasteiger partial charge on any atom is 0.207 e. The fourth-order valence-electron chi connectivity index (χ4n) is 1.12. The SMILES string of the molecule is CC(C)(C)[Si](N)(N)C(C)(C)C. The number of rotatable bonds is 0. The maximum atomic E-state index is 6.19. The van der Waals surface area contributed by atoms with E-state index in [-0.39, 0.29) is 10.1 Å². The van der Waals surface area contributed by atoms with Crippen LogP contribution in [0.5, 0.6) is 0 Å². The average Bonchev–Trinajstić information content (AvgIpc) is 1.58. The van der Waals surface area contributed by atoms with Crippen molar-refractivity contribution in [3.63, 3.8) is 0 Å². The summed E-state index contributed by atoms with van der Waals surface area (Å²) < 4.78 is 0. The van der Waals surface area contributed by atoms with Gasteiger partial charge in [0, 0.05) is 0 Å². The standard InChI is InChI=1S/C8H22N2Si/c1-7(2,3)11(9,10)8(4,5)6/h9-10H2,1-6H3. The molecule has 68 valence electrons. The van der Waals surface area contributed by atoms with Crippen LogP contribution < -0.4 is 10.8 Å². The zero-order valence-corrected chi connectivity index (χ0v) is 9.65. The number of hydrogen-bond donors (Lipinski definition) is 2. The predicted octanol–water partition coefficient (Wildman–Crippen LogP) is 1.95. The fraction of sp³-hybridized carbons (Fsp3) is 1.00. The van der Waals surface area contributed by atoms with Crippen LogP contribution in [-0.2, 0) is 0 Å². The van der Waals surface area contributed by atoms with Crippen molar-refractivity contribution < 1.29 is 0 Å². The third kappa shape index (κ3) is 2.04. The van der Waals surface area contributed by atoms with Gasteiger partial charge in [0.2, 0.25) is 8.40 Å². The first-order valence-electron chi connectivity index (χ1n) is 4.08. The summed E-state index contributed by atoms with van der Waals surface area (Å²) >= 11 is 0. The van der Waals surface area contributed by atoms with Crippen molar-refractivity contribution in [2.24, 2.45) is 10.8 Å². The van der Waals surface area contributed by atoms with Gasteiger partial charge in [-0.1, -0.05) is 41.5 Å². The van der Waals surface area contributed by atoms with Gasteiger partial charge in [-0.25, -0.2) is 0 Å². The molecule has 0 radical (unpaired) electrons. The molecule has 0 heterocycles. The minimum Gasteiger partial charge on any atom is -0.338 e. The smallest absolute Gasteiger partial charge is 0.207 e. The zero-order chi connectivity index (χ0) is 9.50. The Labute approximate surface area is 71.5 Å². The van der Waals surface area contributed by atoms with E-state index >= 15 is 0 Å². The zero-order valence-electron chi connectivity index (χ0n) is 8.65. The van der Waals surface area contributed by atoms with Crippen LogP contribution in [0.15, 0.2) is 0 Å². The highest BCUT2D eigenvalue weighted by molar-refractivity contribution is 6.79. The van der Waals surface area contributed by atoms with Crippen LogP contribution in [-0.4, -0.2) is 8.40 Å². The van der Waals surface area contributed by atoms with Gasteiger partial charge in [-0.05, 0) is 10.1 Å². The van der Waals surface area contributed by atoms with Crippen LogP contribution in [0.3, 0.4) is 0 Å². The molecular weight excluding hydrogens is 152 g/mol. The Bertz CT molecular complexity index is 123. The van der Waals surface area contributed by atoms with Gasteiger partial charge in [0.15, 0.2) is 0 Å². The fourth-order valence-corrected chi connectivity index (χ4v) is 3.38. The summed E-state index contributed by atoms with van der Waals surface area (Å²) in [7, 11) is -2.11. The van der Waals surface area contributed by atoms with Crippen molar-refractivity contribution in [3.8, 4) is 0 Å². The van der Waals surface area contributed by atoms with Crippen LogP contribution in [0.2, 0.25) is 10.1 Å². The molecule has 0 aromatic rings. The molecule has 11 heavy (non-hydrogen) atoms. The molecule has 4 N–H and O–H groups in total. The summed E-state index contributed by atoms with van der Waals surface area (Å²) in [6, 6.07) is 0. The van der Waals surface area contributed by atoms with Gasteiger partial charge < -0.3 is 10.8 Å². The van der Waals surface area contributed by atoms with Gasteiger partial charge >= 0.3 is 0 Å². The lowest BCUT2D eigenvalue weighted by Gasteiger charge is -2.44. The van der Waals surface area contributed by atoms with Gasteiger partial charge in [0.25, 0.3) is 0 Å². The highest BCUT2D eigenvalue weighted by Crippen LogP contribution is 2.43. The van der Waals surface area contributed by atoms with Crippen LogP contribution in [0.25, 0.3) is 0 Å². The molecule has 0 aliphatic carbocycles. The minimum absolute atomic E-state index is 0.0747. The van der Waals surface area contributed by atoms with E-state index in [0.717, 1.165) is 0 Å². The third-order valence-electron chi connectivity index (χ3n) is 2.48. The largest absolute Gasteiger partial charge is 0.338 e. The lowest BCUT2D eigenvalue weighted by Crippen LogP contribution is -2.68. The van der Waals surface area contributed by atoms with Crippen LogP contribution in [0.1, 0.15) is 41.5 Å². The van der Waals surface area contributed by atoms with E-state index in [1.54, 1.807) is 0 Å². The Kier molecular flexibility index (Phi) is 2.60. The van der Waals surface area contributed by atoms with Crippen molar-refractivity contribution in [2.45, 2.75) is 51.6 Å². The summed E-state index contributed by atoms with van der Waals surface area (Å²) in [6.45, 7) is 12.8. The maximum absolute atomic E-state index is 6.19. The molecule has 2 nitrogen and oxygen atoms in total. The molecule has 0 bridgehead atoms. The van der Waals surface area contributed by atoms with E-state index in [1.807, 2.05) is 0 Å².